The summed E-state index contributed by atoms with van der Waals surface area (Å²) < 4.78 is 87.4. The molecule has 0 bridgehead atoms. The molecule has 0 saturated heterocycles. The first-order valence-corrected chi connectivity index (χ1v) is 31.5. The maximum Gasteiger partial charge on any atom is 0.263 e. The molecule has 0 fully saturated rings. The van der Waals surface area contributed by atoms with Crippen LogP contribution >= 0.6 is 23.2 Å². The van der Waals surface area contributed by atoms with Gasteiger partial charge in [0.05, 0.1) is 152 Å². The van der Waals surface area contributed by atoms with E-state index in [0.29, 0.717) is 225 Å². The normalized spacial score (nSPS) is 12.7. The zero-order valence-electron chi connectivity index (χ0n) is 52.5. The molecule has 19 nitrogen and oxygen atoms in total. The van der Waals surface area contributed by atoms with E-state index in [1.807, 2.05) is 146 Å². The Balaban J connectivity index is 1.23. The molecule has 1 aliphatic rings. The third-order valence-corrected chi connectivity index (χ3v) is 14.6. The fourth-order valence-electron chi connectivity index (χ4n) is 9.50. The van der Waals surface area contributed by atoms with Crippen LogP contribution in [0.3, 0.4) is 0 Å². The van der Waals surface area contributed by atoms with Crippen LogP contribution in [0.4, 0.5) is 0 Å². The fourth-order valence-corrected chi connectivity index (χ4v) is 9.99. The van der Waals surface area contributed by atoms with E-state index in [0.717, 1.165) is 28.7 Å². The van der Waals surface area contributed by atoms with Crippen molar-refractivity contribution in [1.29, 1.82) is 0 Å². The second-order valence-electron chi connectivity index (χ2n) is 20.4. The third-order valence-electron chi connectivity index (χ3n) is 13.9. The van der Waals surface area contributed by atoms with Crippen LogP contribution in [-0.2, 0) is 57.9 Å². The Morgan fingerprint density at radius 3 is 1.05 bits per heavy atom. The van der Waals surface area contributed by atoms with E-state index < -0.39 is 5.79 Å². The molecule has 0 radical (unpaired) electrons. The average Bonchev–Trinajstić information content (AvgIpc) is 1.56. The summed E-state index contributed by atoms with van der Waals surface area (Å²) in [5.41, 5.74) is 6.63. The van der Waals surface area contributed by atoms with Gasteiger partial charge in [-0.1, -0.05) is 60.5 Å². The number of imidazole rings is 1. The molecular weight excluding hydrogens is 1210 g/mol. The minimum Gasteiger partial charge on any atom is -0.491 e. The number of hydrogen-bond donors (Lipinski definition) is 0. The summed E-state index contributed by atoms with van der Waals surface area (Å²) in [4.78, 5) is 17.4. The molecule has 2 heterocycles. The monoisotopic (exact) mass is 1290 g/mol. The Hall–Kier alpha value is -6.79. The van der Waals surface area contributed by atoms with Gasteiger partial charge in [0, 0.05) is 61.3 Å². The maximum absolute atomic E-state index is 7.53. The minimum atomic E-state index is -1.71. The molecule has 7 aromatic rings. The van der Waals surface area contributed by atoms with Crippen molar-refractivity contribution in [1.82, 2.24) is 9.55 Å². The van der Waals surface area contributed by atoms with Crippen LogP contribution in [0.2, 0.25) is 10.0 Å². The molecule has 91 heavy (non-hydrogen) atoms. The molecule has 488 valence electrons. The first kappa shape index (κ1) is 70.1. The maximum atomic E-state index is 7.53. The average molecular weight is 1290 g/mol. The van der Waals surface area contributed by atoms with Gasteiger partial charge >= 0.3 is 0 Å². The summed E-state index contributed by atoms with van der Waals surface area (Å²) in [6.07, 6.45) is 0.954. The van der Waals surface area contributed by atoms with Gasteiger partial charge in [0.2, 0.25) is 0 Å². The Bertz CT molecular complexity index is 3180. The van der Waals surface area contributed by atoms with Gasteiger partial charge in [0.25, 0.3) is 5.79 Å². The van der Waals surface area contributed by atoms with E-state index in [-0.39, 0.29) is 0 Å². The summed E-state index contributed by atoms with van der Waals surface area (Å²) in [5, 5.41) is 0.865. The number of nitrogens with zero attached hydrogens (tertiary/aromatic N) is 4. The summed E-state index contributed by atoms with van der Waals surface area (Å²) in [6.45, 7) is 12.4. The van der Waals surface area contributed by atoms with Crippen molar-refractivity contribution < 1.29 is 71.1 Å². The Labute approximate surface area is 544 Å². The highest BCUT2D eigenvalue weighted by atomic mass is 35.5. The van der Waals surface area contributed by atoms with Crippen molar-refractivity contribution in [3.05, 3.63) is 172 Å². The van der Waals surface area contributed by atoms with Crippen LogP contribution in [0, 0.1) is 0 Å². The first-order valence-electron chi connectivity index (χ1n) is 30.7. The molecule has 6 aromatic carbocycles. The van der Waals surface area contributed by atoms with Crippen molar-refractivity contribution in [2.24, 2.45) is 9.98 Å². The van der Waals surface area contributed by atoms with E-state index in [1.54, 1.807) is 21.3 Å². The molecule has 1 aromatic heterocycles. The highest BCUT2D eigenvalue weighted by molar-refractivity contribution is 6.54. The standard InChI is InChI=1S/C70H84Cl2N4O15/c1-5-30-80-37-38-84-45-49-90-59-26-18-55(19-27-59)67-68(56-20-28-60(29-21-56)91-52-48-87-44-41-83-36-33-79-4)76(69(73-67)61-10-6-8-12-63(61)71)70(62-11-7-9-13-64(62)72)74-65(53-14-22-57(23-15-53)88-50-46-85-42-39-81-34-31-77-2)66(75-70)54-16-24-58(25-17-54)89-51-47-86-43-40-82-35-32-78-3/h6-29H,5,30-52H2,1-4H3. The second-order valence-corrected chi connectivity index (χ2v) is 21.2. The smallest absolute Gasteiger partial charge is 0.263 e. The highest BCUT2D eigenvalue weighted by Gasteiger charge is 2.46. The van der Waals surface area contributed by atoms with E-state index in [9.17, 15) is 0 Å². The zero-order valence-corrected chi connectivity index (χ0v) is 54.0. The third kappa shape index (κ3) is 21.4. The predicted molar refractivity (Wildman–Crippen MR) is 352 cm³/mol. The lowest BCUT2D eigenvalue weighted by Crippen LogP contribution is -2.31. The summed E-state index contributed by atoms with van der Waals surface area (Å²) in [7, 11) is 4.93. The summed E-state index contributed by atoms with van der Waals surface area (Å²) in [5.74, 6) is 1.34. The molecule has 0 aliphatic carbocycles. The first-order chi connectivity index (χ1) is 44.9. The van der Waals surface area contributed by atoms with E-state index in [2.05, 4.69) is 11.5 Å². The lowest BCUT2D eigenvalue weighted by molar-refractivity contribution is 0.0180. The van der Waals surface area contributed by atoms with Gasteiger partial charge in [-0.25, -0.2) is 15.0 Å². The topological polar surface area (TPSA) is 181 Å². The zero-order chi connectivity index (χ0) is 63.6. The van der Waals surface area contributed by atoms with Crippen LogP contribution in [0.5, 0.6) is 23.0 Å². The molecule has 1 aliphatic heterocycles. The largest absolute Gasteiger partial charge is 0.491 e. The molecule has 0 atom stereocenters. The van der Waals surface area contributed by atoms with Gasteiger partial charge in [-0.2, -0.15) is 0 Å². The number of hydrogen-bond acceptors (Lipinski definition) is 18. The number of rotatable bonds is 46. The molecule has 0 saturated carbocycles. The number of benzene rings is 6. The van der Waals surface area contributed by atoms with Crippen LogP contribution in [0.25, 0.3) is 33.9 Å². The molecule has 0 N–H and O–H groups in total. The molecule has 0 amide bonds. The van der Waals surface area contributed by atoms with Crippen LogP contribution < -0.4 is 18.9 Å². The minimum absolute atomic E-state index is 0.316. The van der Waals surface area contributed by atoms with Crippen molar-refractivity contribution in [2.75, 3.05) is 173 Å². The lowest BCUT2D eigenvalue weighted by Gasteiger charge is -2.30. The molecule has 21 heteroatoms. The Morgan fingerprint density at radius 2 is 0.681 bits per heavy atom. The summed E-state index contributed by atoms with van der Waals surface area (Å²) >= 11 is 14.9. The fraction of sp³-hybridized carbons (Fsp3) is 0.414. The van der Waals surface area contributed by atoms with E-state index in [1.165, 1.54) is 0 Å². The van der Waals surface area contributed by atoms with Crippen LogP contribution in [0.15, 0.2) is 156 Å². The second kappa shape index (κ2) is 39.6. The van der Waals surface area contributed by atoms with Gasteiger partial charge in [0.1, 0.15) is 55.2 Å². The number of aromatic nitrogens is 2. The van der Waals surface area contributed by atoms with Crippen molar-refractivity contribution in [2.45, 2.75) is 19.1 Å². The van der Waals surface area contributed by atoms with E-state index in [4.69, 9.17) is 109 Å². The quantitative estimate of drug-likeness (QED) is 0.0328. The number of methoxy groups -OCH3 is 3. The Kier molecular flexibility index (Phi) is 30.5. The van der Waals surface area contributed by atoms with Gasteiger partial charge < -0.3 is 71.1 Å². The lowest BCUT2D eigenvalue weighted by atomic mass is 10.00. The van der Waals surface area contributed by atoms with Crippen molar-refractivity contribution >= 4 is 34.6 Å². The van der Waals surface area contributed by atoms with Crippen molar-refractivity contribution in [3.8, 4) is 56.9 Å². The molecule has 8 rings (SSSR count). The number of aliphatic imine (C=N–C) groups is 2. The summed E-state index contributed by atoms with van der Waals surface area (Å²) in [6, 6.07) is 46.5. The van der Waals surface area contributed by atoms with E-state index >= 15 is 0 Å². The van der Waals surface area contributed by atoms with Gasteiger partial charge in [0.15, 0.2) is 0 Å². The Morgan fingerprint density at radius 1 is 0.352 bits per heavy atom. The highest BCUT2D eigenvalue weighted by Crippen LogP contribution is 2.49. The predicted octanol–water partition coefficient (Wildman–Crippen LogP) is 11.8. The molecular formula is C70H84Cl2N4O15. The van der Waals surface area contributed by atoms with Crippen molar-refractivity contribution in [3.63, 3.8) is 0 Å². The van der Waals surface area contributed by atoms with Crippen LogP contribution in [0.1, 0.15) is 30.0 Å². The number of halogens is 2. The van der Waals surface area contributed by atoms with Gasteiger partial charge in [-0.3, -0.25) is 4.57 Å². The van der Waals surface area contributed by atoms with Gasteiger partial charge in [-0.15, -0.1) is 0 Å². The number of ether oxygens (including phenoxy) is 15. The molecule has 0 spiro atoms. The SMILES string of the molecule is CCCOCCOCCOc1ccc(-c2nc(-c3ccccc3Cl)n(C3(c4ccccc4Cl)N=C(c4ccc(OCCOCCOCCOC)cc4)C(c4ccc(OCCOCCOCCOC)cc4)=N3)c2-c2ccc(OCCOCCOCCOC)cc2)cc1. The van der Waals surface area contributed by atoms with Crippen LogP contribution in [-0.4, -0.2) is 194 Å². The molecule has 0 unspecified atom stereocenters. The van der Waals surface area contributed by atoms with Gasteiger partial charge in [-0.05, 0) is 122 Å².